The lowest BCUT2D eigenvalue weighted by atomic mass is 10.2. The van der Waals surface area contributed by atoms with Crippen LogP contribution in [-0.2, 0) is 11.0 Å². The molecule has 2 nitrogen and oxygen atoms in total. The monoisotopic (exact) mass is 424 g/mol. The predicted molar refractivity (Wildman–Crippen MR) is 131 cm³/mol. The summed E-state index contributed by atoms with van der Waals surface area (Å²) in [5, 5.41) is 12.4. The highest BCUT2D eigenvalue weighted by Gasteiger charge is 2.46. The second-order valence-corrected chi connectivity index (χ2v) is 10.4. The third kappa shape index (κ3) is 4.99. The smallest absolute Gasteiger partial charge is 0.117 e. The summed E-state index contributed by atoms with van der Waals surface area (Å²) in [6.45, 7) is 3.62. The molecule has 0 aliphatic carbocycles. The van der Waals surface area contributed by atoms with Gasteiger partial charge < -0.3 is 9.90 Å². The molecule has 0 unspecified atom stereocenters. The summed E-state index contributed by atoms with van der Waals surface area (Å²) in [6, 6.07) is 41.6. The standard InChI is InChI=1S/C27H24P.CH2O2/c1-2-24-16-12-13-21-27(24)28(25-17-8-4-9-18-25,26-19-10-5-11-20-26)22-23-14-6-3-7-15-23;2-1-3/h2-21H,1,22H2;1H,(H,2,3)/q+1;/p-1. The molecule has 0 spiro atoms. The first-order valence-electron chi connectivity index (χ1n) is 10.1. The second-order valence-electron chi connectivity index (χ2n) is 6.98. The van der Waals surface area contributed by atoms with Gasteiger partial charge in [0.15, 0.2) is 0 Å². The van der Waals surface area contributed by atoms with E-state index in [1.54, 1.807) is 0 Å². The van der Waals surface area contributed by atoms with Gasteiger partial charge in [0.25, 0.3) is 0 Å². The topological polar surface area (TPSA) is 40.1 Å². The minimum atomic E-state index is -1.90. The van der Waals surface area contributed by atoms with Crippen molar-refractivity contribution in [3.63, 3.8) is 0 Å². The molecule has 0 aromatic heterocycles. The number of rotatable bonds is 6. The molecule has 0 radical (unpaired) electrons. The van der Waals surface area contributed by atoms with Gasteiger partial charge in [0.05, 0.1) is 6.16 Å². The molecule has 31 heavy (non-hydrogen) atoms. The van der Waals surface area contributed by atoms with Crippen LogP contribution in [0.25, 0.3) is 6.08 Å². The van der Waals surface area contributed by atoms with Crippen LogP contribution in [0.5, 0.6) is 0 Å². The zero-order chi connectivity index (χ0) is 21.9. The molecule has 0 fully saturated rings. The fourth-order valence-corrected chi connectivity index (χ4v) is 8.38. The van der Waals surface area contributed by atoms with Crippen molar-refractivity contribution in [2.75, 3.05) is 0 Å². The first kappa shape index (κ1) is 22.2. The Labute approximate surface area is 184 Å². The molecular formula is C28H25O2P. The molecule has 3 heteroatoms. The van der Waals surface area contributed by atoms with Crippen LogP contribution in [0.2, 0.25) is 0 Å². The molecule has 0 N–H and O–H groups in total. The van der Waals surface area contributed by atoms with Crippen LogP contribution in [-0.4, -0.2) is 6.47 Å². The number of hydrogen-bond donors (Lipinski definition) is 0. The molecule has 0 bridgehead atoms. The molecule has 0 saturated heterocycles. The molecule has 154 valence electrons. The number of carbonyl (C=O) groups excluding carboxylic acids is 1. The van der Waals surface area contributed by atoms with E-state index in [2.05, 4.69) is 122 Å². The fourth-order valence-electron chi connectivity index (χ4n) is 3.92. The maximum atomic E-state index is 8.25. The van der Waals surface area contributed by atoms with Crippen molar-refractivity contribution in [3.05, 3.63) is 133 Å². The molecule has 0 saturated carbocycles. The van der Waals surface area contributed by atoms with Crippen LogP contribution < -0.4 is 21.0 Å². The van der Waals surface area contributed by atoms with Crippen LogP contribution in [0.3, 0.4) is 0 Å². The van der Waals surface area contributed by atoms with Gasteiger partial charge in [-0.1, -0.05) is 97.6 Å². The van der Waals surface area contributed by atoms with E-state index in [0.717, 1.165) is 6.16 Å². The Balaban J connectivity index is 0.000000858. The van der Waals surface area contributed by atoms with Gasteiger partial charge in [-0.25, -0.2) is 0 Å². The summed E-state index contributed by atoms with van der Waals surface area (Å²) in [7, 11) is -1.90. The summed E-state index contributed by atoms with van der Waals surface area (Å²) in [4.78, 5) is 8.25. The zero-order valence-corrected chi connectivity index (χ0v) is 18.2. The van der Waals surface area contributed by atoms with Crippen LogP contribution >= 0.6 is 7.26 Å². The molecule has 0 heterocycles. The van der Waals surface area contributed by atoms with Crippen molar-refractivity contribution in [1.82, 2.24) is 0 Å². The van der Waals surface area contributed by atoms with Crippen molar-refractivity contribution in [2.24, 2.45) is 0 Å². The van der Waals surface area contributed by atoms with Gasteiger partial charge in [-0.3, -0.25) is 0 Å². The average molecular weight is 424 g/mol. The minimum Gasteiger partial charge on any atom is -0.554 e. The minimum absolute atomic E-state index is 0.500. The van der Waals surface area contributed by atoms with E-state index in [-0.39, 0.29) is 0 Å². The summed E-state index contributed by atoms with van der Waals surface area (Å²) < 4.78 is 0. The second kappa shape index (κ2) is 11.1. The lowest BCUT2D eigenvalue weighted by molar-refractivity contribution is -0.283. The van der Waals surface area contributed by atoms with Gasteiger partial charge in [0.2, 0.25) is 0 Å². The highest BCUT2D eigenvalue weighted by molar-refractivity contribution is 7.95. The van der Waals surface area contributed by atoms with Crippen LogP contribution in [0.15, 0.2) is 122 Å². The lowest BCUT2D eigenvalue weighted by Gasteiger charge is -2.29. The summed E-state index contributed by atoms with van der Waals surface area (Å²) in [6.07, 6.45) is 2.99. The first-order chi connectivity index (χ1) is 15.3. The maximum Gasteiger partial charge on any atom is 0.117 e. The number of hydrogen-bond acceptors (Lipinski definition) is 2. The van der Waals surface area contributed by atoms with Gasteiger partial charge in [-0.05, 0) is 35.9 Å². The Morgan fingerprint density at radius 2 is 1.10 bits per heavy atom. The zero-order valence-electron chi connectivity index (χ0n) is 17.3. The molecule has 0 atom stereocenters. The highest BCUT2D eigenvalue weighted by Crippen LogP contribution is 2.58. The van der Waals surface area contributed by atoms with E-state index < -0.39 is 13.7 Å². The quantitative estimate of drug-likeness (QED) is 0.344. The molecule has 4 aromatic rings. The third-order valence-corrected chi connectivity index (χ3v) is 9.65. The van der Waals surface area contributed by atoms with Crippen molar-refractivity contribution in [3.8, 4) is 0 Å². The SMILES string of the molecule is C=Cc1ccccc1[P+](Cc1ccccc1)(c1ccccc1)c1ccccc1.O=C[O-]. The Bertz CT molecular complexity index is 1050. The first-order valence-corrected chi connectivity index (χ1v) is 12.0. The van der Waals surface area contributed by atoms with Crippen LogP contribution in [0.4, 0.5) is 0 Å². The van der Waals surface area contributed by atoms with Crippen molar-refractivity contribution >= 4 is 35.7 Å². The van der Waals surface area contributed by atoms with E-state index in [1.807, 2.05) is 6.08 Å². The normalized spacial score (nSPS) is 10.5. The highest BCUT2D eigenvalue weighted by atomic mass is 31.2. The van der Waals surface area contributed by atoms with Crippen molar-refractivity contribution in [2.45, 2.75) is 6.16 Å². The molecule has 0 amide bonds. The Morgan fingerprint density at radius 1 is 0.677 bits per heavy atom. The largest absolute Gasteiger partial charge is 0.554 e. The van der Waals surface area contributed by atoms with Gasteiger partial charge in [0.1, 0.15) is 23.2 Å². The van der Waals surface area contributed by atoms with Gasteiger partial charge in [-0.2, -0.15) is 0 Å². The fraction of sp³-hybridized carbons (Fsp3) is 0.0357. The van der Waals surface area contributed by atoms with E-state index in [9.17, 15) is 0 Å². The Kier molecular flexibility index (Phi) is 7.92. The van der Waals surface area contributed by atoms with Crippen molar-refractivity contribution in [1.29, 1.82) is 0 Å². The average Bonchev–Trinajstić information content (AvgIpc) is 2.85. The van der Waals surface area contributed by atoms with E-state index in [0.29, 0.717) is 0 Å². The third-order valence-electron chi connectivity index (χ3n) is 5.22. The van der Waals surface area contributed by atoms with Crippen LogP contribution in [0.1, 0.15) is 11.1 Å². The predicted octanol–water partition coefficient (Wildman–Crippen LogP) is 4.19. The van der Waals surface area contributed by atoms with Crippen LogP contribution in [0, 0.1) is 0 Å². The Hall–Kier alpha value is -3.48. The van der Waals surface area contributed by atoms with E-state index in [4.69, 9.17) is 9.90 Å². The van der Waals surface area contributed by atoms with Crippen molar-refractivity contribution < 1.29 is 9.90 Å². The molecule has 4 aromatic carbocycles. The van der Waals surface area contributed by atoms with E-state index in [1.165, 1.54) is 27.0 Å². The summed E-state index contributed by atoms with van der Waals surface area (Å²) >= 11 is 0. The summed E-state index contributed by atoms with van der Waals surface area (Å²) in [5.41, 5.74) is 2.59. The Morgan fingerprint density at radius 3 is 1.58 bits per heavy atom. The molecule has 4 rings (SSSR count). The number of carboxylic acid groups (broad SMARTS) is 1. The molecule has 0 aliphatic heterocycles. The van der Waals surface area contributed by atoms with E-state index >= 15 is 0 Å². The molecule has 0 aliphatic rings. The maximum absolute atomic E-state index is 8.25. The van der Waals surface area contributed by atoms with Gasteiger partial charge >= 0.3 is 0 Å². The van der Waals surface area contributed by atoms with Gasteiger partial charge in [-0.15, -0.1) is 0 Å². The lowest BCUT2D eigenvalue weighted by Crippen LogP contribution is -2.33. The molecular weight excluding hydrogens is 399 g/mol. The summed E-state index contributed by atoms with van der Waals surface area (Å²) in [5.74, 6) is 0. The number of benzene rings is 4. The number of carbonyl (C=O) groups is 1. The van der Waals surface area contributed by atoms with Gasteiger partial charge in [0, 0.05) is 12.0 Å².